The molecule has 1 aliphatic rings. The first kappa shape index (κ1) is 14.8. The van der Waals surface area contributed by atoms with E-state index in [0.29, 0.717) is 19.8 Å². The number of urea groups is 1. The van der Waals surface area contributed by atoms with Crippen molar-refractivity contribution in [3.63, 3.8) is 0 Å². The number of amides is 2. The Hall–Kier alpha value is -1.30. The van der Waals surface area contributed by atoms with E-state index < -0.39 is 11.5 Å². The second-order valence-electron chi connectivity index (χ2n) is 5.55. The number of carboxylic acid groups (broad SMARTS) is 1. The van der Waals surface area contributed by atoms with Crippen molar-refractivity contribution in [2.24, 2.45) is 0 Å². The van der Waals surface area contributed by atoms with Crippen molar-refractivity contribution >= 4 is 12.0 Å². The zero-order chi connectivity index (χ0) is 13.9. The molecule has 0 bridgehead atoms. The number of rotatable bonds is 2. The Bertz CT molecular complexity index is 325. The molecule has 104 valence electrons. The summed E-state index contributed by atoms with van der Waals surface area (Å²) >= 11 is 0. The number of ether oxygens (including phenoxy) is 1. The van der Waals surface area contributed by atoms with Crippen molar-refractivity contribution in [1.29, 1.82) is 0 Å². The molecule has 0 aromatic carbocycles. The van der Waals surface area contributed by atoms with Gasteiger partial charge in [-0.15, -0.1) is 0 Å². The first-order valence-electron chi connectivity index (χ1n) is 6.11. The summed E-state index contributed by atoms with van der Waals surface area (Å²) in [5.41, 5.74) is -0.520. The van der Waals surface area contributed by atoms with E-state index in [1.54, 1.807) is 4.90 Å². The van der Waals surface area contributed by atoms with E-state index in [1.807, 2.05) is 27.7 Å². The van der Waals surface area contributed by atoms with E-state index in [1.165, 1.54) is 4.90 Å². The van der Waals surface area contributed by atoms with Crippen molar-refractivity contribution in [2.75, 3.05) is 26.3 Å². The highest BCUT2D eigenvalue weighted by Crippen LogP contribution is 2.18. The first-order chi connectivity index (χ1) is 8.23. The fourth-order valence-electron chi connectivity index (χ4n) is 1.89. The molecule has 0 aromatic rings. The van der Waals surface area contributed by atoms with Crippen molar-refractivity contribution < 1.29 is 19.4 Å². The van der Waals surface area contributed by atoms with Crippen LogP contribution in [0, 0.1) is 0 Å². The Balaban J connectivity index is 2.84. The monoisotopic (exact) mass is 258 g/mol. The molecular weight excluding hydrogens is 236 g/mol. The Morgan fingerprint density at radius 3 is 2.50 bits per heavy atom. The predicted molar refractivity (Wildman–Crippen MR) is 66.5 cm³/mol. The van der Waals surface area contributed by atoms with Gasteiger partial charge in [-0.2, -0.15) is 0 Å². The molecule has 0 saturated carbocycles. The van der Waals surface area contributed by atoms with Crippen molar-refractivity contribution in [2.45, 2.75) is 39.3 Å². The lowest BCUT2D eigenvalue weighted by Crippen LogP contribution is -2.58. The molecule has 1 saturated heterocycles. The smallest absolute Gasteiger partial charge is 0.323 e. The fraction of sp³-hybridized carbons (Fsp3) is 0.833. The summed E-state index contributed by atoms with van der Waals surface area (Å²) in [5.74, 6) is -1.00. The summed E-state index contributed by atoms with van der Waals surface area (Å²) in [6.07, 6.45) is 0. The standard InChI is InChI=1S/C12H22N2O4/c1-9-8-18-6-5-13(9)11(17)14(7-10(15)16)12(2,3)4/h9H,5-8H2,1-4H3,(H,15,16). The lowest BCUT2D eigenvalue weighted by molar-refractivity contribution is -0.139. The molecular formula is C12H22N2O4. The highest BCUT2D eigenvalue weighted by molar-refractivity contribution is 5.81. The van der Waals surface area contributed by atoms with E-state index in [2.05, 4.69) is 0 Å². The van der Waals surface area contributed by atoms with E-state index in [9.17, 15) is 9.59 Å². The largest absolute Gasteiger partial charge is 0.480 e. The van der Waals surface area contributed by atoms with Crippen LogP contribution < -0.4 is 0 Å². The zero-order valence-corrected chi connectivity index (χ0v) is 11.5. The molecule has 1 unspecified atom stereocenters. The molecule has 1 heterocycles. The van der Waals surface area contributed by atoms with Gasteiger partial charge in [-0.3, -0.25) is 4.79 Å². The Labute approximate surface area is 107 Å². The molecule has 2 amide bonds. The SMILES string of the molecule is CC1COCCN1C(=O)N(CC(=O)O)C(C)(C)C. The van der Waals surface area contributed by atoms with Crippen LogP contribution in [0.15, 0.2) is 0 Å². The minimum atomic E-state index is -1.00. The maximum absolute atomic E-state index is 12.4. The van der Waals surface area contributed by atoms with Gasteiger partial charge in [0, 0.05) is 12.1 Å². The zero-order valence-electron chi connectivity index (χ0n) is 11.5. The van der Waals surface area contributed by atoms with Gasteiger partial charge in [0.1, 0.15) is 6.54 Å². The predicted octanol–water partition coefficient (Wildman–Crippen LogP) is 1.01. The summed E-state index contributed by atoms with van der Waals surface area (Å²) in [6, 6.07) is -0.259. The Kier molecular flexibility index (Phi) is 4.56. The lowest BCUT2D eigenvalue weighted by atomic mass is 10.1. The minimum Gasteiger partial charge on any atom is -0.480 e. The van der Waals surface area contributed by atoms with Gasteiger partial charge in [-0.1, -0.05) is 0 Å². The molecule has 1 N–H and O–H groups in total. The third-order valence-electron chi connectivity index (χ3n) is 2.95. The first-order valence-corrected chi connectivity index (χ1v) is 6.11. The van der Waals surface area contributed by atoms with Crippen LogP contribution in [-0.2, 0) is 9.53 Å². The van der Waals surface area contributed by atoms with E-state index >= 15 is 0 Å². The maximum Gasteiger partial charge on any atom is 0.323 e. The summed E-state index contributed by atoms with van der Waals surface area (Å²) in [5, 5.41) is 8.92. The minimum absolute atomic E-state index is 0.0232. The van der Waals surface area contributed by atoms with Crippen LogP contribution in [-0.4, -0.2) is 64.8 Å². The van der Waals surface area contributed by atoms with Crippen LogP contribution in [0.5, 0.6) is 0 Å². The second kappa shape index (κ2) is 5.56. The fourth-order valence-corrected chi connectivity index (χ4v) is 1.89. The molecule has 1 atom stereocenters. The number of carboxylic acids is 1. The highest BCUT2D eigenvalue weighted by atomic mass is 16.5. The number of carbonyl (C=O) groups is 2. The molecule has 18 heavy (non-hydrogen) atoms. The molecule has 1 fully saturated rings. The van der Waals surface area contributed by atoms with Gasteiger partial charge >= 0.3 is 12.0 Å². The second-order valence-corrected chi connectivity index (χ2v) is 5.55. The van der Waals surface area contributed by atoms with Crippen molar-refractivity contribution in [3.05, 3.63) is 0 Å². The number of morpholine rings is 1. The van der Waals surface area contributed by atoms with E-state index in [-0.39, 0.29) is 18.6 Å². The topological polar surface area (TPSA) is 70.1 Å². The third kappa shape index (κ3) is 3.60. The average molecular weight is 258 g/mol. The van der Waals surface area contributed by atoms with E-state index in [4.69, 9.17) is 9.84 Å². The van der Waals surface area contributed by atoms with Crippen LogP contribution in [0.1, 0.15) is 27.7 Å². The molecule has 0 radical (unpaired) electrons. The van der Waals surface area contributed by atoms with Gasteiger partial charge < -0.3 is 19.6 Å². The Morgan fingerprint density at radius 2 is 2.06 bits per heavy atom. The van der Waals surface area contributed by atoms with Crippen LogP contribution in [0.3, 0.4) is 0 Å². The van der Waals surface area contributed by atoms with Gasteiger partial charge in [0.05, 0.1) is 19.3 Å². The summed E-state index contributed by atoms with van der Waals surface area (Å²) < 4.78 is 5.28. The molecule has 0 aromatic heterocycles. The number of hydrogen-bond donors (Lipinski definition) is 1. The quantitative estimate of drug-likeness (QED) is 0.802. The Morgan fingerprint density at radius 1 is 1.44 bits per heavy atom. The number of carbonyl (C=O) groups excluding carboxylic acids is 1. The summed E-state index contributed by atoms with van der Waals surface area (Å²) in [4.78, 5) is 26.4. The van der Waals surface area contributed by atoms with Crippen LogP contribution in [0.2, 0.25) is 0 Å². The highest BCUT2D eigenvalue weighted by Gasteiger charge is 2.34. The summed E-state index contributed by atoms with van der Waals surface area (Å²) in [6.45, 7) is 8.62. The van der Waals surface area contributed by atoms with Gasteiger partial charge in [0.15, 0.2) is 0 Å². The van der Waals surface area contributed by atoms with Gasteiger partial charge in [0.2, 0.25) is 0 Å². The molecule has 0 aliphatic carbocycles. The van der Waals surface area contributed by atoms with E-state index in [0.717, 1.165) is 0 Å². The van der Waals surface area contributed by atoms with Crippen molar-refractivity contribution in [3.8, 4) is 0 Å². The number of hydrogen-bond acceptors (Lipinski definition) is 3. The van der Waals surface area contributed by atoms with Gasteiger partial charge in [0.25, 0.3) is 0 Å². The van der Waals surface area contributed by atoms with Crippen LogP contribution in [0.4, 0.5) is 4.79 Å². The van der Waals surface area contributed by atoms with Crippen molar-refractivity contribution in [1.82, 2.24) is 9.80 Å². The molecule has 0 spiro atoms. The normalized spacial score (nSPS) is 20.7. The molecule has 6 heteroatoms. The van der Waals surface area contributed by atoms with Crippen LogP contribution in [0.25, 0.3) is 0 Å². The maximum atomic E-state index is 12.4. The van der Waals surface area contributed by atoms with Gasteiger partial charge in [-0.05, 0) is 27.7 Å². The lowest BCUT2D eigenvalue weighted by Gasteiger charge is -2.41. The van der Waals surface area contributed by atoms with Crippen LogP contribution >= 0.6 is 0 Å². The number of aliphatic carboxylic acids is 1. The van der Waals surface area contributed by atoms with Gasteiger partial charge in [-0.25, -0.2) is 4.79 Å². The third-order valence-corrected chi connectivity index (χ3v) is 2.95. The average Bonchev–Trinajstić information content (AvgIpc) is 2.24. The molecule has 1 rings (SSSR count). The summed E-state index contributed by atoms with van der Waals surface area (Å²) in [7, 11) is 0. The molecule has 6 nitrogen and oxygen atoms in total. The number of nitrogens with zero attached hydrogens (tertiary/aromatic N) is 2. The molecule has 1 aliphatic heterocycles.